The van der Waals surface area contributed by atoms with Gasteiger partial charge in [-0.15, -0.1) is 0 Å². The lowest BCUT2D eigenvalue weighted by Gasteiger charge is -2.09. The van der Waals surface area contributed by atoms with E-state index in [1.165, 1.54) is 0 Å². The van der Waals surface area contributed by atoms with Crippen LogP contribution in [-0.4, -0.2) is 35.4 Å². The molecule has 1 aromatic rings. The maximum atomic E-state index is 13.6. The molecule has 1 rings (SSSR count). The maximum Gasteiger partial charge on any atom is 0.243 e. The molecule has 1 aromatic carbocycles. The molecule has 3 N–H and O–H groups in total. The van der Waals surface area contributed by atoms with E-state index >= 15 is 0 Å². The van der Waals surface area contributed by atoms with Gasteiger partial charge in [0.05, 0.1) is 5.75 Å². The Kier molecular flexibility index (Phi) is 4.54. The van der Waals surface area contributed by atoms with E-state index in [1.807, 2.05) is 4.72 Å². The highest BCUT2D eigenvalue weighted by atomic mass is 32.2. The Bertz CT molecular complexity index is 684. The van der Waals surface area contributed by atoms with Crippen LogP contribution < -0.4 is 10.5 Å². The summed E-state index contributed by atoms with van der Waals surface area (Å²) in [7, 11) is -7.42. The van der Waals surface area contributed by atoms with Crippen LogP contribution in [0.25, 0.3) is 0 Å². The number of sulfonamides is 1. The Morgan fingerprint density at radius 1 is 1.26 bits per heavy atom. The van der Waals surface area contributed by atoms with Gasteiger partial charge in [0.1, 0.15) is 20.5 Å². The molecular formula is C10H15FN2O4S2. The normalized spacial score (nSPS) is 12.6. The first-order chi connectivity index (χ1) is 8.53. The molecule has 0 aliphatic heterocycles. The number of halogens is 1. The van der Waals surface area contributed by atoms with Gasteiger partial charge in [-0.3, -0.25) is 0 Å². The van der Waals surface area contributed by atoms with Gasteiger partial charge in [-0.05, 0) is 24.6 Å². The largest absolute Gasteiger partial charge is 0.398 e. The van der Waals surface area contributed by atoms with E-state index in [-0.39, 0.29) is 18.0 Å². The molecule has 9 heteroatoms. The van der Waals surface area contributed by atoms with Gasteiger partial charge in [0.25, 0.3) is 0 Å². The van der Waals surface area contributed by atoms with Crippen molar-refractivity contribution in [3.8, 4) is 0 Å². The minimum atomic E-state index is -4.12. The molecule has 6 nitrogen and oxygen atoms in total. The van der Waals surface area contributed by atoms with E-state index in [4.69, 9.17) is 5.73 Å². The van der Waals surface area contributed by atoms with E-state index < -0.39 is 30.6 Å². The second kappa shape index (κ2) is 5.43. The summed E-state index contributed by atoms with van der Waals surface area (Å²) in [6, 6.07) is 2.02. The van der Waals surface area contributed by atoms with E-state index in [0.29, 0.717) is 5.56 Å². The van der Waals surface area contributed by atoms with Crippen molar-refractivity contribution in [3.05, 3.63) is 23.5 Å². The van der Waals surface area contributed by atoms with Crippen molar-refractivity contribution in [1.82, 2.24) is 4.72 Å². The molecule has 0 saturated carbocycles. The second-order valence-corrected chi connectivity index (χ2v) is 8.16. The first-order valence-corrected chi connectivity index (χ1v) is 8.80. The van der Waals surface area contributed by atoms with Crippen molar-refractivity contribution in [2.75, 3.05) is 24.3 Å². The Labute approximate surface area is 111 Å². The first kappa shape index (κ1) is 15.9. The Morgan fingerprint density at radius 3 is 2.37 bits per heavy atom. The van der Waals surface area contributed by atoms with Gasteiger partial charge in [-0.25, -0.2) is 25.9 Å². The average molecular weight is 310 g/mol. The highest BCUT2D eigenvalue weighted by Gasteiger charge is 2.20. The maximum absolute atomic E-state index is 13.6. The fourth-order valence-corrected chi connectivity index (χ4v) is 3.04. The number of sulfone groups is 1. The van der Waals surface area contributed by atoms with Crippen molar-refractivity contribution < 1.29 is 21.2 Å². The summed E-state index contributed by atoms with van der Waals surface area (Å²) < 4.78 is 61.0. The van der Waals surface area contributed by atoms with Gasteiger partial charge in [0.2, 0.25) is 10.0 Å². The number of aryl methyl sites for hydroxylation is 1. The van der Waals surface area contributed by atoms with Crippen LogP contribution in [0.5, 0.6) is 0 Å². The fourth-order valence-electron chi connectivity index (χ4n) is 1.31. The predicted octanol–water partition coefficient (Wildman–Crippen LogP) is 0.0392. The van der Waals surface area contributed by atoms with Gasteiger partial charge in [-0.1, -0.05) is 0 Å². The van der Waals surface area contributed by atoms with Crippen LogP contribution in [0, 0.1) is 12.7 Å². The Morgan fingerprint density at radius 2 is 1.84 bits per heavy atom. The van der Waals surface area contributed by atoms with Crippen LogP contribution in [0.3, 0.4) is 0 Å². The lowest BCUT2D eigenvalue weighted by molar-refractivity contribution is 0.558. The molecule has 0 fully saturated rings. The molecule has 0 bridgehead atoms. The number of hydrogen-bond donors (Lipinski definition) is 2. The van der Waals surface area contributed by atoms with E-state index in [1.54, 1.807) is 6.92 Å². The molecule has 0 spiro atoms. The van der Waals surface area contributed by atoms with Crippen molar-refractivity contribution in [1.29, 1.82) is 0 Å². The molecule has 108 valence electrons. The summed E-state index contributed by atoms with van der Waals surface area (Å²) in [5, 5.41) is 0. The van der Waals surface area contributed by atoms with Crippen molar-refractivity contribution in [3.63, 3.8) is 0 Å². The molecular weight excluding hydrogens is 295 g/mol. The van der Waals surface area contributed by atoms with Crippen LogP contribution in [-0.2, 0) is 19.9 Å². The number of nitrogens with two attached hydrogens (primary N) is 1. The molecule has 0 unspecified atom stereocenters. The standard InChI is InChI=1S/C10H15FN2O4S2/c1-7-5-8(11)10(6-9(7)12)19(16,17)13-3-4-18(2,14)15/h5-6,13H,3-4,12H2,1-2H3. The Balaban J connectivity index is 2.98. The quantitative estimate of drug-likeness (QED) is 0.747. The van der Waals surface area contributed by atoms with Crippen LogP contribution >= 0.6 is 0 Å². The van der Waals surface area contributed by atoms with Crippen LogP contribution in [0.1, 0.15) is 5.56 Å². The highest BCUT2D eigenvalue weighted by molar-refractivity contribution is 7.91. The lowest BCUT2D eigenvalue weighted by atomic mass is 10.2. The SMILES string of the molecule is Cc1cc(F)c(S(=O)(=O)NCCS(C)(=O)=O)cc1N. The molecule has 19 heavy (non-hydrogen) atoms. The zero-order valence-corrected chi connectivity index (χ0v) is 12.1. The van der Waals surface area contributed by atoms with Crippen LogP contribution in [0.15, 0.2) is 17.0 Å². The van der Waals surface area contributed by atoms with Crippen molar-refractivity contribution in [2.45, 2.75) is 11.8 Å². The van der Waals surface area contributed by atoms with Crippen molar-refractivity contribution in [2.24, 2.45) is 0 Å². The zero-order valence-electron chi connectivity index (χ0n) is 10.5. The predicted molar refractivity (Wildman–Crippen MR) is 70.4 cm³/mol. The lowest BCUT2D eigenvalue weighted by Crippen LogP contribution is -2.29. The number of nitrogen functional groups attached to an aromatic ring is 1. The summed E-state index contributed by atoms with van der Waals surface area (Å²) in [4.78, 5) is -0.593. The third-order valence-corrected chi connectivity index (χ3v) is 4.80. The van der Waals surface area contributed by atoms with E-state index in [0.717, 1.165) is 18.4 Å². The summed E-state index contributed by atoms with van der Waals surface area (Å²) >= 11 is 0. The van der Waals surface area contributed by atoms with Gasteiger partial charge in [-0.2, -0.15) is 0 Å². The number of nitrogens with one attached hydrogen (secondary N) is 1. The number of hydrogen-bond acceptors (Lipinski definition) is 5. The van der Waals surface area contributed by atoms with E-state index in [9.17, 15) is 21.2 Å². The minimum absolute atomic E-state index is 0.143. The molecule has 0 radical (unpaired) electrons. The summed E-state index contributed by atoms with van der Waals surface area (Å²) in [6.07, 6.45) is 0.978. The molecule has 0 amide bonds. The molecule has 0 atom stereocenters. The third kappa shape index (κ3) is 4.44. The molecule has 0 aliphatic carbocycles. The van der Waals surface area contributed by atoms with Gasteiger partial charge in [0.15, 0.2) is 0 Å². The van der Waals surface area contributed by atoms with Gasteiger partial charge >= 0.3 is 0 Å². The summed E-state index contributed by atoms with van der Waals surface area (Å²) in [5.74, 6) is -1.30. The molecule has 0 aromatic heterocycles. The zero-order chi connectivity index (χ0) is 14.8. The average Bonchev–Trinajstić information content (AvgIpc) is 2.20. The van der Waals surface area contributed by atoms with E-state index in [2.05, 4.69) is 0 Å². The summed E-state index contributed by atoms with van der Waals surface area (Å²) in [5.41, 5.74) is 6.10. The topological polar surface area (TPSA) is 106 Å². The minimum Gasteiger partial charge on any atom is -0.398 e. The monoisotopic (exact) mass is 310 g/mol. The molecule has 0 saturated heterocycles. The van der Waals surface area contributed by atoms with Gasteiger partial charge < -0.3 is 5.73 Å². The van der Waals surface area contributed by atoms with Crippen LogP contribution in [0.4, 0.5) is 10.1 Å². The number of benzene rings is 1. The van der Waals surface area contributed by atoms with Crippen LogP contribution in [0.2, 0.25) is 0 Å². The number of rotatable bonds is 5. The fraction of sp³-hybridized carbons (Fsp3) is 0.400. The third-order valence-electron chi connectivity index (χ3n) is 2.38. The Hall–Kier alpha value is -1.19. The molecule has 0 heterocycles. The second-order valence-electron chi connectivity index (χ2n) is 4.17. The first-order valence-electron chi connectivity index (χ1n) is 5.26. The highest BCUT2D eigenvalue weighted by Crippen LogP contribution is 2.21. The number of anilines is 1. The molecule has 0 aliphatic rings. The smallest absolute Gasteiger partial charge is 0.243 e. The summed E-state index contributed by atoms with van der Waals surface area (Å²) in [6.45, 7) is 1.22. The van der Waals surface area contributed by atoms with Crippen molar-refractivity contribution >= 4 is 25.5 Å². The van der Waals surface area contributed by atoms with Gasteiger partial charge in [0, 0.05) is 18.5 Å².